The molecular weight excluding hydrogens is 252 g/mol. The molecule has 1 unspecified atom stereocenters. The highest BCUT2D eigenvalue weighted by Gasteiger charge is 2.17. The summed E-state index contributed by atoms with van der Waals surface area (Å²) in [5.74, 6) is 0.528. The lowest BCUT2D eigenvalue weighted by Crippen LogP contribution is -2.40. The van der Waals surface area contributed by atoms with E-state index in [1.807, 2.05) is 7.05 Å². The van der Waals surface area contributed by atoms with Crippen LogP contribution in [0.4, 0.5) is 10.5 Å². The zero-order valence-corrected chi connectivity index (χ0v) is 11.7. The van der Waals surface area contributed by atoms with E-state index in [1.165, 1.54) is 12.8 Å². The minimum atomic E-state index is -0.111. The van der Waals surface area contributed by atoms with Crippen LogP contribution in [0.1, 0.15) is 18.4 Å². The van der Waals surface area contributed by atoms with E-state index in [-0.39, 0.29) is 6.03 Å². The van der Waals surface area contributed by atoms with Gasteiger partial charge in [0.2, 0.25) is 0 Å². The third kappa shape index (κ3) is 3.97. The van der Waals surface area contributed by atoms with Crippen molar-refractivity contribution in [2.45, 2.75) is 12.8 Å². The van der Waals surface area contributed by atoms with Gasteiger partial charge in [0, 0.05) is 19.3 Å². The van der Waals surface area contributed by atoms with Gasteiger partial charge in [0.15, 0.2) is 0 Å². The number of hydrogen-bond donors (Lipinski definition) is 2. The number of carbonyl (C=O) groups excluding carboxylic acids is 1. The van der Waals surface area contributed by atoms with Gasteiger partial charge in [-0.1, -0.05) is 0 Å². The normalized spacial score (nSPS) is 18.1. The summed E-state index contributed by atoms with van der Waals surface area (Å²) in [4.78, 5) is 13.8. The van der Waals surface area contributed by atoms with Crippen molar-refractivity contribution in [1.29, 1.82) is 5.26 Å². The largest absolute Gasteiger partial charge is 0.327 e. The van der Waals surface area contributed by atoms with Gasteiger partial charge < -0.3 is 15.5 Å². The molecule has 0 aliphatic carbocycles. The molecule has 1 saturated heterocycles. The van der Waals surface area contributed by atoms with Gasteiger partial charge >= 0.3 is 6.03 Å². The first kappa shape index (κ1) is 14.4. The average molecular weight is 272 g/mol. The lowest BCUT2D eigenvalue weighted by atomic mass is 9.99. The monoisotopic (exact) mass is 272 g/mol. The summed E-state index contributed by atoms with van der Waals surface area (Å²) in [6, 6.07) is 8.82. The van der Waals surface area contributed by atoms with E-state index in [4.69, 9.17) is 5.26 Å². The predicted octanol–water partition coefficient (Wildman–Crippen LogP) is 2.02. The Kier molecular flexibility index (Phi) is 4.97. The summed E-state index contributed by atoms with van der Waals surface area (Å²) < 4.78 is 0. The van der Waals surface area contributed by atoms with Gasteiger partial charge in [-0.05, 0) is 56.1 Å². The summed E-state index contributed by atoms with van der Waals surface area (Å²) >= 11 is 0. The van der Waals surface area contributed by atoms with Crippen LogP contribution in [-0.2, 0) is 0 Å². The molecule has 0 spiro atoms. The molecule has 20 heavy (non-hydrogen) atoms. The molecule has 1 aromatic rings. The van der Waals surface area contributed by atoms with E-state index < -0.39 is 0 Å². The third-order valence-corrected chi connectivity index (χ3v) is 3.54. The molecule has 1 aromatic carbocycles. The van der Waals surface area contributed by atoms with E-state index in [0.29, 0.717) is 17.2 Å². The summed E-state index contributed by atoms with van der Waals surface area (Å²) in [6.07, 6.45) is 2.34. The molecule has 0 saturated carbocycles. The van der Waals surface area contributed by atoms with Crippen molar-refractivity contribution in [1.82, 2.24) is 10.2 Å². The van der Waals surface area contributed by atoms with Crippen LogP contribution in [0.15, 0.2) is 24.3 Å². The minimum absolute atomic E-state index is 0.111. The van der Waals surface area contributed by atoms with Crippen molar-refractivity contribution in [3.63, 3.8) is 0 Å². The highest BCUT2D eigenvalue weighted by atomic mass is 16.2. The van der Waals surface area contributed by atoms with Crippen LogP contribution in [0.25, 0.3) is 0 Å². The number of nitriles is 1. The Labute approximate surface area is 119 Å². The highest BCUT2D eigenvalue weighted by molar-refractivity contribution is 5.89. The predicted molar refractivity (Wildman–Crippen MR) is 78.4 cm³/mol. The first-order valence-electron chi connectivity index (χ1n) is 6.92. The van der Waals surface area contributed by atoms with Crippen LogP contribution in [-0.4, -0.2) is 37.6 Å². The Balaban J connectivity index is 1.85. The van der Waals surface area contributed by atoms with Gasteiger partial charge in [-0.25, -0.2) is 4.79 Å². The smallest absolute Gasteiger partial charge is 0.321 e. The molecule has 0 aromatic heterocycles. The molecule has 5 nitrogen and oxygen atoms in total. The third-order valence-electron chi connectivity index (χ3n) is 3.54. The molecular formula is C15H20N4O. The number of hydrogen-bond acceptors (Lipinski definition) is 3. The van der Waals surface area contributed by atoms with Gasteiger partial charge in [0.05, 0.1) is 11.6 Å². The van der Waals surface area contributed by atoms with Gasteiger partial charge in [0.25, 0.3) is 0 Å². The second-order valence-corrected chi connectivity index (χ2v) is 5.21. The summed E-state index contributed by atoms with van der Waals surface area (Å²) in [5, 5.41) is 14.9. The SMILES string of the molecule is CN(CC1CCCNC1)C(=O)Nc1ccc(C#N)cc1. The van der Waals surface area contributed by atoms with E-state index in [0.717, 1.165) is 19.6 Å². The number of anilines is 1. The van der Waals surface area contributed by atoms with Crippen molar-refractivity contribution in [2.24, 2.45) is 5.92 Å². The van der Waals surface area contributed by atoms with Gasteiger partial charge in [-0.15, -0.1) is 0 Å². The number of amides is 2. The van der Waals surface area contributed by atoms with Crippen molar-refractivity contribution in [3.05, 3.63) is 29.8 Å². The van der Waals surface area contributed by atoms with E-state index >= 15 is 0 Å². The Morgan fingerprint density at radius 2 is 2.25 bits per heavy atom. The molecule has 106 valence electrons. The van der Waals surface area contributed by atoms with Crippen molar-refractivity contribution >= 4 is 11.7 Å². The highest BCUT2D eigenvalue weighted by Crippen LogP contribution is 2.13. The molecule has 5 heteroatoms. The fourth-order valence-corrected chi connectivity index (χ4v) is 2.40. The first-order chi connectivity index (χ1) is 9.69. The fourth-order valence-electron chi connectivity index (χ4n) is 2.40. The van der Waals surface area contributed by atoms with Crippen LogP contribution in [0, 0.1) is 17.2 Å². The van der Waals surface area contributed by atoms with E-state index in [1.54, 1.807) is 29.2 Å². The summed E-state index contributed by atoms with van der Waals surface area (Å²) in [7, 11) is 1.81. The Morgan fingerprint density at radius 3 is 2.85 bits per heavy atom. The molecule has 1 aliphatic rings. The van der Waals surface area contributed by atoms with Crippen LogP contribution < -0.4 is 10.6 Å². The number of urea groups is 1. The second kappa shape index (κ2) is 6.92. The molecule has 1 fully saturated rings. The maximum Gasteiger partial charge on any atom is 0.321 e. The van der Waals surface area contributed by atoms with Crippen LogP contribution >= 0.6 is 0 Å². The number of carbonyl (C=O) groups is 1. The van der Waals surface area contributed by atoms with Gasteiger partial charge in [0.1, 0.15) is 0 Å². The Morgan fingerprint density at radius 1 is 1.50 bits per heavy atom. The van der Waals surface area contributed by atoms with Crippen LogP contribution in [0.5, 0.6) is 0 Å². The van der Waals surface area contributed by atoms with E-state index in [2.05, 4.69) is 16.7 Å². The molecule has 0 bridgehead atoms. The number of nitrogens with one attached hydrogen (secondary N) is 2. The molecule has 1 heterocycles. The van der Waals surface area contributed by atoms with Gasteiger partial charge in [-0.2, -0.15) is 5.26 Å². The lowest BCUT2D eigenvalue weighted by Gasteiger charge is -2.27. The Bertz CT molecular complexity index is 486. The first-order valence-corrected chi connectivity index (χ1v) is 6.92. The molecule has 0 radical (unpaired) electrons. The standard InChI is InChI=1S/C15H20N4O/c1-19(11-13-3-2-8-17-10-13)15(20)18-14-6-4-12(9-16)5-7-14/h4-7,13,17H,2-3,8,10-11H2,1H3,(H,18,20). The maximum atomic E-state index is 12.1. The lowest BCUT2D eigenvalue weighted by molar-refractivity contribution is 0.207. The molecule has 2 rings (SSSR count). The van der Waals surface area contributed by atoms with E-state index in [9.17, 15) is 4.79 Å². The van der Waals surface area contributed by atoms with Crippen LogP contribution in [0.2, 0.25) is 0 Å². The zero-order valence-electron chi connectivity index (χ0n) is 11.7. The molecule has 2 amide bonds. The summed E-state index contributed by atoms with van der Waals surface area (Å²) in [6.45, 7) is 2.82. The van der Waals surface area contributed by atoms with Crippen molar-refractivity contribution in [2.75, 3.05) is 32.0 Å². The fraction of sp³-hybridized carbons (Fsp3) is 0.467. The van der Waals surface area contributed by atoms with Gasteiger partial charge in [-0.3, -0.25) is 0 Å². The van der Waals surface area contributed by atoms with Crippen molar-refractivity contribution < 1.29 is 4.79 Å². The molecule has 1 aliphatic heterocycles. The molecule has 1 atom stereocenters. The average Bonchev–Trinajstić information content (AvgIpc) is 2.49. The Hall–Kier alpha value is -2.06. The topological polar surface area (TPSA) is 68.2 Å². The van der Waals surface area contributed by atoms with Crippen molar-refractivity contribution in [3.8, 4) is 6.07 Å². The number of piperidine rings is 1. The summed E-state index contributed by atoms with van der Waals surface area (Å²) in [5.41, 5.74) is 1.30. The molecule has 2 N–H and O–H groups in total. The minimum Gasteiger partial charge on any atom is -0.327 e. The number of nitrogens with zero attached hydrogens (tertiary/aromatic N) is 2. The quantitative estimate of drug-likeness (QED) is 0.884. The number of benzene rings is 1. The second-order valence-electron chi connectivity index (χ2n) is 5.21. The number of rotatable bonds is 3. The zero-order chi connectivity index (χ0) is 14.4. The van der Waals surface area contributed by atoms with Crippen LogP contribution in [0.3, 0.4) is 0 Å². The maximum absolute atomic E-state index is 12.1.